The Bertz CT molecular complexity index is 418. The Balaban J connectivity index is 2.15. The number of carbonyl (C=O) groups excluding carboxylic acids is 1. The van der Waals surface area contributed by atoms with Crippen LogP contribution in [0.2, 0.25) is 0 Å². The number of thioether (sulfide) groups is 1. The quantitative estimate of drug-likeness (QED) is 0.840. The topological polar surface area (TPSA) is 38.3 Å². The van der Waals surface area contributed by atoms with Crippen LogP contribution in [0.25, 0.3) is 0 Å². The fourth-order valence-electron chi connectivity index (χ4n) is 1.34. The zero-order valence-corrected chi connectivity index (χ0v) is 12.3. The monoisotopic (exact) mass is 285 g/mol. The fourth-order valence-corrected chi connectivity index (χ4v) is 2.18. The molecule has 1 aromatic rings. The number of carbonyl (C=O) groups is 1. The average molecular weight is 285 g/mol. The van der Waals surface area contributed by atoms with Crippen LogP contribution in [0.5, 0.6) is 0 Å². The molecular formula is C14H20FNO2S. The molecule has 19 heavy (non-hydrogen) atoms. The molecule has 1 aromatic carbocycles. The van der Waals surface area contributed by atoms with Crippen molar-refractivity contribution in [3.63, 3.8) is 0 Å². The second kappa shape index (κ2) is 7.38. The lowest BCUT2D eigenvalue weighted by molar-refractivity contribution is 0.0531. The number of halogens is 1. The molecule has 0 spiro atoms. The van der Waals surface area contributed by atoms with Gasteiger partial charge in [0.2, 0.25) is 0 Å². The molecule has 106 valence electrons. The van der Waals surface area contributed by atoms with Crippen LogP contribution in [0.4, 0.5) is 9.18 Å². The summed E-state index contributed by atoms with van der Waals surface area (Å²) in [4.78, 5) is 11.3. The van der Waals surface area contributed by atoms with Crippen molar-refractivity contribution >= 4 is 17.9 Å². The third-order valence-corrected chi connectivity index (χ3v) is 3.14. The molecule has 0 unspecified atom stereocenters. The Kier molecular flexibility index (Phi) is 6.15. The van der Waals surface area contributed by atoms with Gasteiger partial charge in [-0.2, -0.15) is 11.8 Å². The molecule has 0 radical (unpaired) electrons. The number of nitrogens with one attached hydrogen (secondary N) is 1. The molecule has 5 heteroatoms. The maximum atomic E-state index is 13.3. The van der Waals surface area contributed by atoms with Gasteiger partial charge in [0.1, 0.15) is 11.4 Å². The van der Waals surface area contributed by atoms with E-state index in [2.05, 4.69) is 5.32 Å². The Morgan fingerprint density at radius 2 is 2.05 bits per heavy atom. The lowest BCUT2D eigenvalue weighted by Gasteiger charge is -2.19. The summed E-state index contributed by atoms with van der Waals surface area (Å²) in [6.07, 6.45) is -0.418. The summed E-state index contributed by atoms with van der Waals surface area (Å²) in [7, 11) is 0. The predicted octanol–water partition coefficient (Wildman–Crippen LogP) is 3.58. The highest BCUT2D eigenvalue weighted by Gasteiger charge is 2.15. The minimum Gasteiger partial charge on any atom is -0.444 e. The van der Waals surface area contributed by atoms with Crippen molar-refractivity contribution in [2.45, 2.75) is 32.1 Å². The summed E-state index contributed by atoms with van der Waals surface area (Å²) >= 11 is 1.57. The first kappa shape index (κ1) is 15.8. The minimum absolute atomic E-state index is 0.185. The highest BCUT2D eigenvalue weighted by molar-refractivity contribution is 7.98. The van der Waals surface area contributed by atoms with Crippen LogP contribution >= 0.6 is 11.8 Å². The third kappa shape index (κ3) is 7.06. The van der Waals surface area contributed by atoms with Crippen LogP contribution in [0, 0.1) is 5.82 Å². The van der Waals surface area contributed by atoms with E-state index in [9.17, 15) is 9.18 Å². The number of alkyl carbamates (subject to hydrolysis) is 1. The van der Waals surface area contributed by atoms with Crippen molar-refractivity contribution in [3.05, 3.63) is 35.6 Å². The van der Waals surface area contributed by atoms with E-state index in [0.717, 1.165) is 0 Å². The van der Waals surface area contributed by atoms with Crippen LogP contribution in [0.1, 0.15) is 26.3 Å². The first-order chi connectivity index (χ1) is 8.88. The lowest BCUT2D eigenvalue weighted by atomic mass is 10.2. The summed E-state index contributed by atoms with van der Waals surface area (Å²) < 4.78 is 18.4. The normalized spacial score (nSPS) is 11.2. The predicted molar refractivity (Wildman–Crippen MR) is 76.8 cm³/mol. The Hall–Kier alpha value is -1.23. The summed E-state index contributed by atoms with van der Waals surface area (Å²) in [6, 6.07) is 6.71. The molecule has 0 saturated heterocycles. The van der Waals surface area contributed by atoms with Gasteiger partial charge < -0.3 is 10.1 Å². The van der Waals surface area contributed by atoms with E-state index in [1.165, 1.54) is 6.07 Å². The van der Waals surface area contributed by atoms with Gasteiger partial charge in [0.25, 0.3) is 0 Å². The lowest BCUT2D eigenvalue weighted by Crippen LogP contribution is -2.33. The Labute approximate surface area is 117 Å². The van der Waals surface area contributed by atoms with Crippen molar-refractivity contribution < 1.29 is 13.9 Å². The summed E-state index contributed by atoms with van der Waals surface area (Å²) in [6.45, 7) is 5.96. The van der Waals surface area contributed by atoms with E-state index in [1.54, 1.807) is 23.9 Å². The largest absolute Gasteiger partial charge is 0.444 e. The molecule has 0 aliphatic carbocycles. The van der Waals surface area contributed by atoms with Crippen molar-refractivity contribution in [3.8, 4) is 0 Å². The zero-order valence-electron chi connectivity index (χ0n) is 11.5. The van der Waals surface area contributed by atoms with Gasteiger partial charge in [-0.15, -0.1) is 0 Å². The number of amides is 1. The second-order valence-corrected chi connectivity index (χ2v) is 6.18. The van der Waals surface area contributed by atoms with Gasteiger partial charge in [-0.3, -0.25) is 0 Å². The number of ether oxygens (including phenoxy) is 1. The molecule has 1 rings (SSSR count). The van der Waals surface area contributed by atoms with Gasteiger partial charge in [-0.25, -0.2) is 9.18 Å². The molecule has 0 heterocycles. The van der Waals surface area contributed by atoms with Gasteiger partial charge >= 0.3 is 6.09 Å². The zero-order chi connectivity index (χ0) is 14.3. The van der Waals surface area contributed by atoms with E-state index < -0.39 is 11.7 Å². The molecule has 3 nitrogen and oxygen atoms in total. The van der Waals surface area contributed by atoms with E-state index in [-0.39, 0.29) is 5.82 Å². The van der Waals surface area contributed by atoms with Crippen LogP contribution in [0.3, 0.4) is 0 Å². The number of rotatable bonds is 5. The number of hydrogen-bond donors (Lipinski definition) is 1. The fraction of sp³-hybridized carbons (Fsp3) is 0.500. The molecule has 1 amide bonds. The highest BCUT2D eigenvalue weighted by atomic mass is 32.2. The van der Waals surface area contributed by atoms with E-state index in [4.69, 9.17) is 4.74 Å². The van der Waals surface area contributed by atoms with E-state index in [1.807, 2.05) is 26.8 Å². The Morgan fingerprint density at radius 3 is 2.68 bits per heavy atom. The Morgan fingerprint density at radius 1 is 1.37 bits per heavy atom. The summed E-state index contributed by atoms with van der Waals surface area (Å²) in [5.74, 6) is 1.13. The summed E-state index contributed by atoms with van der Waals surface area (Å²) in [5.41, 5.74) is 0.203. The number of benzene rings is 1. The third-order valence-electron chi connectivity index (χ3n) is 2.13. The SMILES string of the molecule is CC(C)(C)OC(=O)NCCSCc1ccccc1F. The van der Waals surface area contributed by atoms with Crippen LogP contribution in [0.15, 0.2) is 24.3 Å². The summed E-state index contributed by atoms with van der Waals surface area (Å²) in [5, 5.41) is 2.66. The number of hydrogen-bond acceptors (Lipinski definition) is 3. The van der Waals surface area contributed by atoms with Crippen LogP contribution in [-0.4, -0.2) is 24.0 Å². The van der Waals surface area contributed by atoms with Crippen molar-refractivity contribution in [1.82, 2.24) is 5.32 Å². The van der Waals surface area contributed by atoms with Crippen molar-refractivity contribution in [2.24, 2.45) is 0 Å². The van der Waals surface area contributed by atoms with E-state index >= 15 is 0 Å². The van der Waals surface area contributed by atoms with E-state index in [0.29, 0.717) is 23.6 Å². The molecular weight excluding hydrogens is 265 g/mol. The minimum atomic E-state index is -0.482. The maximum Gasteiger partial charge on any atom is 0.407 e. The molecule has 0 aliphatic heterocycles. The van der Waals surface area contributed by atoms with Gasteiger partial charge in [0, 0.05) is 18.1 Å². The molecule has 0 aliphatic rings. The molecule has 0 atom stereocenters. The smallest absolute Gasteiger partial charge is 0.407 e. The first-order valence-corrected chi connectivity index (χ1v) is 7.32. The van der Waals surface area contributed by atoms with Crippen LogP contribution < -0.4 is 5.32 Å². The molecule has 1 N–H and O–H groups in total. The van der Waals surface area contributed by atoms with Crippen molar-refractivity contribution in [1.29, 1.82) is 0 Å². The van der Waals surface area contributed by atoms with Gasteiger partial charge in [-0.05, 0) is 32.4 Å². The first-order valence-electron chi connectivity index (χ1n) is 6.16. The van der Waals surface area contributed by atoms with Gasteiger partial charge in [-0.1, -0.05) is 18.2 Å². The highest BCUT2D eigenvalue weighted by Crippen LogP contribution is 2.14. The second-order valence-electron chi connectivity index (χ2n) is 5.07. The molecule has 0 fully saturated rings. The standard InChI is InChI=1S/C14H20FNO2S/c1-14(2,3)18-13(17)16-8-9-19-10-11-6-4-5-7-12(11)15/h4-7H,8-10H2,1-3H3,(H,16,17). The molecule has 0 saturated carbocycles. The molecule has 0 bridgehead atoms. The average Bonchev–Trinajstić information content (AvgIpc) is 2.28. The maximum absolute atomic E-state index is 13.3. The van der Waals surface area contributed by atoms with Crippen LogP contribution in [-0.2, 0) is 10.5 Å². The van der Waals surface area contributed by atoms with Gasteiger partial charge in [0.05, 0.1) is 0 Å². The molecule has 0 aromatic heterocycles. The van der Waals surface area contributed by atoms with Gasteiger partial charge in [0.15, 0.2) is 0 Å². The van der Waals surface area contributed by atoms with Crippen molar-refractivity contribution in [2.75, 3.05) is 12.3 Å².